The van der Waals surface area contributed by atoms with Gasteiger partial charge in [-0.1, -0.05) is 19.4 Å². The highest BCUT2D eigenvalue weighted by Crippen LogP contribution is 2.74. The second-order valence-corrected chi connectivity index (χ2v) is 10.6. The highest BCUT2D eigenvalue weighted by atomic mass is 16.6. The first-order chi connectivity index (χ1) is 13.2. The van der Waals surface area contributed by atoms with Crippen molar-refractivity contribution in [2.75, 3.05) is 0 Å². The molecule has 1 spiro atoms. The lowest BCUT2D eigenvalue weighted by Crippen LogP contribution is -2.64. The van der Waals surface area contributed by atoms with Crippen LogP contribution >= 0.6 is 0 Å². The Bertz CT molecular complexity index is 859. The summed E-state index contributed by atoms with van der Waals surface area (Å²) < 4.78 is 12.3. The van der Waals surface area contributed by atoms with Crippen LogP contribution in [0.15, 0.2) is 11.6 Å². The Balaban J connectivity index is 1.48. The van der Waals surface area contributed by atoms with E-state index in [9.17, 15) is 14.4 Å². The van der Waals surface area contributed by atoms with Gasteiger partial charge in [-0.3, -0.25) is 14.4 Å². The molecule has 1 unspecified atom stereocenters. The van der Waals surface area contributed by atoms with Crippen molar-refractivity contribution in [1.82, 2.24) is 0 Å². The minimum absolute atomic E-state index is 0.0657. The molecule has 2 heterocycles. The van der Waals surface area contributed by atoms with Crippen molar-refractivity contribution in [3.63, 3.8) is 0 Å². The lowest BCUT2D eigenvalue weighted by molar-refractivity contribution is -0.200. The predicted molar refractivity (Wildman–Crippen MR) is 99.0 cm³/mol. The largest absolute Gasteiger partial charge is 0.458 e. The molecule has 0 N–H and O–H groups in total. The topological polar surface area (TPSA) is 69.7 Å². The van der Waals surface area contributed by atoms with Crippen molar-refractivity contribution < 1.29 is 23.9 Å². The van der Waals surface area contributed by atoms with Gasteiger partial charge in [0.05, 0.1) is 5.92 Å². The van der Waals surface area contributed by atoms with Crippen LogP contribution in [0, 0.1) is 28.6 Å². The Morgan fingerprint density at radius 1 is 0.964 bits per heavy atom. The molecule has 7 atom stereocenters. The van der Waals surface area contributed by atoms with Crippen LogP contribution in [0.3, 0.4) is 0 Å². The summed E-state index contributed by atoms with van der Waals surface area (Å²) in [5.41, 5.74) is -0.0188. The second kappa shape index (κ2) is 4.91. The highest BCUT2D eigenvalue weighted by molar-refractivity contribution is 5.92. The number of carbonyl (C=O) groups is 3. The normalized spacial score (nSPS) is 54.0. The number of ketones is 1. The molecule has 5 fully saturated rings. The second-order valence-electron chi connectivity index (χ2n) is 10.6. The van der Waals surface area contributed by atoms with E-state index < -0.39 is 5.60 Å². The molecular weight excluding hydrogens is 356 g/mol. The third kappa shape index (κ3) is 1.66. The average molecular weight is 384 g/mol. The summed E-state index contributed by atoms with van der Waals surface area (Å²) in [6, 6.07) is 0. The number of rotatable bonds is 0. The summed E-state index contributed by atoms with van der Waals surface area (Å²) in [5, 5.41) is 0. The quantitative estimate of drug-likeness (QED) is 0.598. The zero-order valence-electron chi connectivity index (χ0n) is 16.7. The van der Waals surface area contributed by atoms with Gasteiger partial charge in [0.2, 0.25) is 0 Å². The lowest BCUT2D eigenvalue weighted by atomic mass is 9.43. The van der Waals surface area contributed by atoms with Gasteiger partial charge in [0.15, 0.2) is 5.78 Å². The van der Waals surface area contributed by atoms with Gasteiger partial charge < -0.3 is 9.47 Å². The van der Waals surface area contributed by atoms with Crippen molar-refractivity contribution in [3.05, 3.63) is 11.6 Å². The van der Waals surface area contributed by atoms with Gasteiger partial charge in [0, 0.05) is 29.6 Å². The van der Waals surface area contributed by atoms with E-state index in [1.165, 1.54) is 0 Å². The van der Waals surface area contributed by atoms with Crippen molar-refractivity contribution >= 4 is 17.7 Å². The maximum absolute atomic E-state index is 13.0. The molecular formula is C23H28O5. The number of hydrogen-bond donors (Lipinski definition) is 0. The van der Waals surface area contributed by atoms with Gasteiger partial charge >= 0.3 is 11.9 Å². The summed E-state index contributed by atoms with van der Waals surface area (Å²) >= 11 is 0. The van der Waals surface area contributed by atoms with Gasteiger partial charge in [0.25, 0.3) is 0 Å². The number of fused-ring (bicyclic) bond motifs is 3. The molecule has 6 aliphatic rings. The molecule has 150 valence electrons. The molecule has 28 heavy (non-hydrogen) atoms. The Labute approximate surface area is 165 Å². The Kier molecular flexibility index (Phi) is 3.02. The molecule has 0 amide bonds. The van der Waals surface area contributed by atoms with Crippen LogP contribution in [0.25, 0.3) is 0 Å². The predicted octanol–water partition coefficient (Wildman–Crippen LogP) is 3.50. The molecule has 2 aliphatic heterocycles. The molecule has 0 aromatic rings. The minimum atomic E-state index is -0.488. The first-order valence-electron chi connectivity index (χ1n) is 10.9. The number of ether oxygens (including phenoxy) is 2. The molecule has 5 nitrogen and oxygen atoms in total. The molecule has 4 aliphatic carbocycles. The van der Waals surface area contributed by atoms with Gasteiger partial charge in [0.1, 0.15) is 11.2 Å². The van der Waals surface area contributed by atoms with E-state index in [0.717, 1.165) is 44.1 Å². The van der Waals surface area contributed by atoms with Gasteiger partial charge in [-0.25, -0.2) is 0 Å². The summed E-state index contributed by atoms with van der Waals surface area (Å²) in [7, 11) is 0. The molecule has 2 saturated heterocycles. The van der Waals surface area contributed by atoms with Crippen LogP contribution in [0.1, 0.15) is 71.6 Å². The molecule has 5 heteroatoms. The molecule has 0 aromatic heterocycles. The average Bonchev–Trinajstić information content (AvgIpc) is 3.24. The van der Waals surface area contributed by atoms with Crippen LogP contribution in [0.5, 0.6) is 0 Å². The van der Waals surface area contributed by atoms with E-state index in [1.54, 1.807) is 0 Å². The highest BCUT2D eigenvalue weighted by Gasteiger charge is 2.77. The van der Waals surface area contributed by atoms with Crippen molar-refractivity contribution in [3.8, 4) is 0 Å². The fourth-order valence-corrected chi connectivity index (χ4v) is 8.52. The molecule has 0 aromatic carbocycles. The van der Waals surface area contributed by atoms with E-state index >= 15 is 0 Å². The zero-order chi connectivity index (χ0) is 19.5. The van der Waals surface area contributed by atoms with Crippen LogP contribution in [0.4, 0.5) is 0 Å². The number of hydrogen-bond acceptors (Lipinski definition) is 5. The first kappa shape index (κ1) is 17.2. The summed E-state index contributed by atoms with van der Waals surface area (Å²) in [4.78, 5) is 37.2. The fraction of sp³-hybridized carbons (Fsp3) is 0.783. The van der Waals surface area contributed by atoms with E-state index in [-0.39, 0.29) is 46.0 Å². The van der Waals surface area contributed by atoms with E-state index in [2.05, 4.69) is 13.8 Å². The van der Waals surface area contributed by atoms with E-state index in [0.29, 0.717) is 25.2 Å². The molecule has 0 radical (unpaired) electrons. The zero-order valence-corrected chi connectivity index (χ0v) is 16.7. The van der Waals surface area contributed by atoms with E-state index in [1.807, 2.05) is 6.08 Å². The van der Waals surface area contributed by atoms with Crippen LogP contribution in [-0.4, -0.2) is 28.9 Å². The van der Waals surface area contributed by atoms with Crippen LogP contribution in [-0.2, 0) is 23.9 Å². The van der Waals surface area contributed by atoms with Crippen molar-refractivity contribution in [2.24, 2.45) is 28.6 Å². The first-order valence-corrected chi connectivity index (χ1v) is 10.9. The van der Waals surface area contributed by atoms with Gasteiger partial charge in [-0.15, -0.1) is 0 Å². The van der Waals surface area contributed by atoms with Gasteiger partial charge in [-0.05, 0) is 56.9 Å². The molecule has 2 bridgehead atoms. The SMILES string of the molecule is C[C@]12CCC(=O)C=C1C[C@H]1C(=O)O[C@@]23CC[C@@]2(C)[C@@H](CC[C@@]24CCC(=O)O4)C13. The maximum Gasteiger partial charge on any atom is 0.310 e. The van der Waals surface area contributed by atoms with Crippen LogP contribution < -0.4 is 0 Å². The maximum atomic E-state index is 13.0. The minimum Gasteiger partial charge on any atom is -0.458 e. The lowest BCUT2D eigenvalue weighted by Gasteiger charge is -2.61. The Morgan fingerprint density at radius 2 is 1.79 bits per heavy atom. The molecule has 3 saturated carbocycles. The van der Waals surface area contributed by atoms with Crippen LogP contribution in [0.2, 0.25) is 0 Å². The Hall–Kier alpha value is -1.65. The fourth-order valence-electron chi connectivity index (χ4n) is 8.52. The molecule has 6 rings (SSSR count). The third-order valence-corrected chi connectivity index (χ3v) is 10.1. The summed E-state index contributed by atoms with van der Waals surface area (Å²) in [6.45, 7) is 4.54. The van der Waals surface area contributed by atoms with Crippen molar-refractivity contribution in [1.29, 1.82) is 0 Å². The van der Waals surface area contributed by atoms with Gasteiger partial charge in [-0.2, -0.15) is 0 Å². The Morgan fingerprint density at radius 3 is 2.54 bits per heavy atom. The summed E-state index contributed by atoms with van der Waals surface area (Å²) in [6.07, 6.45) is 8.76. The van der Waals surface area contributed by atoms with E-state index in [4.69, 9.17) is 9.47 Å². The standard InChI is InChI=1S/C23H28O5/c1-20-6-3-14(24)11-13(20)12-15-18-16-4-7-22(8-5-17(25)27-22)21(16,2)9-10-23(18,20)28-19(15)26/h11,15-16,18H,3-10,12H2,1-2H3/t15-,16+,18?,20+,21+,22-,23-/m1/s1. The third-order valence-electron chi connectivity index (χ3n) is 10.1. The summed E-state index contributed by atoms with van der Waals surface area (Å²) in [5.74, 6) is 0.411. The monoisotopic (exact) mass is 384 g/mol. The smallest absolute Gasteiger partial charge is 0.310 e. The number of carbonyl (C=O) groups excluding carboxylic acids is 3. The van der Waals surface area contributed by atoms with Crippen molar-refractivity contribution in [2.45, 2.75) is 82.8 Å². The number of esters is 2.